The number of nitrogens with zero attached hydrogens (tertiary/aromatic N) is 2. The Kier molecular flexibility index (Phi) is 3.66. The summed E-state index contributed by atoms with van der Waals surface area (Å²) < 4.78 is 37.8. The van der Waals surface area contributed by atoms with Crippen molar-refractivity contribution in [1.29, 1.82) is 0 Å². The molecule has 1 atom stereocenters. The number of piperidine rings is 1. The Bertz CT molecular complexity index is 351. The van der Waals surface area contributed by atoms with Gasteiger partial charge in [0.15, 0.2) is 0 Å². The fourth-order valence-electron chi connectivity index (χ4n) is 2.19. The molecular formula is C12H15F3N2. The van der Waals surface area contributed by atoms with E-state index in [4.69, 9.17) is 0 Å². The van der Waals surface area contributed by atoms with Crippen molar-refractivity contribution in [3.05, 3.63) is 30.1 Å². The lowest BCUT2D eigenvalue weighted by Crippen LogP contribution is -2.41. The van der Waals surface area contributed by atoms with Gasteiger partial charge in [-0.3, -0.25) is 9.88 Å². The molecule has 17 heavy (non-hydrogen) atoms. The molecule has 1 fully saturated rings. The van der Waals surface area contributed by atoms with Gasteiger partial charge in [0.25, 0.3) is 0 Å². The van der Waals surface area contributed by atoms with Crippen LogP contribution in [0.25, 0.3) is 0 Å². The molecule has 5 heteroatoms. The van der Waals surface area contributed by atoms with Crippen molar-refractivity contribution in [2.45, 2.75) is 25.6 Å². The van der Waals surface area contributed by atoms with E-state index in [1.165, 1.54) is 0 Å². The lowest BCUT2D eigenvalue weighted by Gasteiger charge is -2.33. The number of hydrogen-bond acceptors (Lipinski definition) is 2. The Morgan fingerprint density at radius 1 is 1.35 bits per heavy atom. The van der Waals surface area contributed by atoms with Crippen molar-refractivity contribution in [3.63, 3.8) is 0 Å². The second kappa shape index (κ2) is 5.04. The SMILES string of the molecule is FC(F)(F)C1CCCN(Cc2ccccn2)C1. The third kappa shape index (κ3) is 3.43. The van der Waals surface area contributed by atoms with Crippen LogP contribution >= 0.6 is 0 Å². The number of likely N-dealkylation sites (tertiary alicyclic amines) is 1. The summed E-state index contributed by atoms with van der Waals surface area (Å²) in [5, 5.41) is 0. The molecule has 0 aliphatic carbocycles. The van der Waals surface area contributed by atoms with Crippen molar-refractivity contribution in [2.75, 3.05) is 13.1 Å². The van der Waals surface area contributed by atoms with Gasteiger partial charge in [0.1, 0.15) is 0 Å². The predicted molar refractivity (Wildman–Crippen MR) is 58.3 cm³/mol. The molecule has 1 aliphatic heterocycles. The molecule has 2 heterocycles. The first-order valence-corrected chi connectivity index (χ1v) is 5.74. The number of aromatic nitrogens is 1. The van der Waals surface area contributed by atoms with Gasteiger partial charge < -0.3 is 0 Å². The molecule has 2 rings (SSSR count). The first-order chi connectivity index (χ1) is 8.05. The highest BCUT2D eigenvalue weighted by Gasteiger charge is 2.41. The average molecular weight is 244 g/mol. The lowest BCUT2D eigenvalue weighted by molar-refractivity contribution is -0.187. The maximum absolute atomic E-state index is 12.6. The number of rotatable bonds is 2. The van der Waals surface area contributed by atoms with E-state index in [0.29, 0.717) is 13.0 Å². The molecule has 1 aromatic rings. The quantitative estimate of drug-likeness (QED) is 0.795. The standard InChI is InChI=1S/C12H15F3N2/c13-12(14,15)10-4-3-7-17(8-10)9-11-5-1-2-6-16-11/h1-2,5-6,10H,3-4,7-9H2. The van der Waals surface area contributed by atoms with Gasteiger partial charge in [-0.05, 0) is 31.5 Å². The summed E-state index contributed by atoms with van der Waals surface area (Å²) in [6.07, 6.45) is -1.54. The van der Waals surface area contributed by atoms with Crippen LogP contribution in [0.3, 0.4) is 0 Å². The normalized spacial score (nSPS) is 22.6. The van der Waals surface area contributed by atoms with Crippen LogP contribution in [0.4, 0.5) is 13.2 Å². The molecule has 0 aromatic carbocycles. The molecule has 0 N–H and O–H groups in total. The minimum atomic E-state index is -4.07. The van der Waals surface area contributed by atoms with Crippen molar-refractivity contribution in [1.82, 2.24) is 9.88 Å². The second-order valence-electron chi connectivity index (χ2n) is 4.44. The Morgan fingerprint density at radius 2 is 2.18 bits per heavy atom. The van der Waals surface area contributed by atoms with Crippen LogP contribution in [0.1, 0.15) is 18.5 Å². The molecule has 0 saturated carbocycles. The van der Waals surface area contributed by atoms with Crippen LogP contribution in [0.5, 0.6) is 0 Å². The van der Waals surface area contributed by atoms with E-state index < -0.39 is 12.1 Å². The van der Waals surface area contributed by atoms with Crippen LogP contribution in [0, 0.1) is 5.92 Å². The number of pyridine rings is 1. The van der Waals surface area contributed by atoms with E-state index in [1.807, 2.05) is 17.0 Å². The van der Waals surface area contributed by atoms with Crippen LogP contribution in [0.15, 0.2) is 24.4 Å². The molecule has 94 valence electrons. The Hall–Kier alpha value is -1.10. The Labute approximate surface area is 98.5 Å². The molecule has 1 aliphatic rings. The molecule has 1 aromatic heterocycles. The van der Waals surface area contributed by atoms with Crippen LogP contribution in [-0.2, 0) is 6.54 Å². The zero-order valence-electron chi connectivity index (χ0n) is 9.45. The van der Waals surface area contributed by atoms with E-state index in [9.17, 15) is 13.2 Å². The highest BCUT2D eigenvalue weighted by Crippen LogP contribution is 2.33. The summed E-state index contributed by atoms with van der Waals surface area (Å²) in [6, 6.07) is 5.50. The molecule has 0 amide bonds. The zero-order chi connectivity index (χ0) is 12.3. The summed E-state index contributed by atoms with van der Waals surface area (Å²) in [5.74, 6) is -1.18. The van der Waals surface area contributed by atoms with Crippen LogP contribution in [0.2, 0.25) is 0 Å². The van der Waals surface area contributed by atoms with E-state index in [-0.39, 0.29) is 13.0 Å². The van der Waals surface area contributed by atoms with Gasteiger partial charge in [0.05, 0.1) is 11.6 Å². The van der Waals surface area contributed by atoms with Gasteiger partial charge in [0, 0.05) is 19.3 Å². The van der Waals surface area contributed by atoms with Gasteiger partial charge in [0.2, 0.25) is 0 Å². The molecule has 0 radical (unpaired) electrons. The fraction of sp³-hybridized carbons (Fsp3) is 0.583. The summed E-state index contributed by atoms with van der Waals surface area (Å²) >= 11 is 0. The lowest BCUT2D eigenvalue weighted by atomic mass is 9.97. The molecule has 1 unspecified atom stereocenters. The third-order valence-electron chi connectivity index (χ3n) is 3.08. The van der Waals surface area contributed by atoms with Crippen molar-refractivity contribution < 1.29 is 13.2 Å². The average Bonchev–Trinajstić information content (AvgIpc) is 2.29. The highest BCUT2D eigenvalue weighted by molar-refractivity contribution is 5.03. The van der Waals surface area contributed by atoms with E-state index in [1.54, 1.807) is 12.3 Å². The zero-order valence-corrected chi connectivity index (χ0v) is 9.45. The summed E-state index contributed by atoms with van der Waals surface area (Å²) in [4.78, 5) is 5.97. The molecule has 0 spiro atoms. The predicted octanol–water partition coefficient (Wildman–Crippen LogP) is 2.86. The van der Waals surface area contributed by atoms with Gasteiger partial charge in [-0.15, -0.1) is 0 Å². The summed E-state index contributed by atoms with van der Waals surface area (Å²) in [7, 11) is 0. The Balaban J connectivity index is 1.94. The maximum atomic E-state index is 12.6. The number of halogens is 3. The monoisotopic (exact) mass is 244 g/mol. The third-order valence-corrected chi connectivity index (χ3v) is 3.08. The number of alkyl halides is 3. The van der Waals surface area contributed by atoms with Crippen molar-refractivity contribution in [3.8, 4) is 0 Å². The summed E-state index contributed by atoms with van der Waals surface area (Å²) in [5.41, 5.74) is 0.829. The van der Waals surface area contributed by atoms with Gasteiger partial charge in [-0.1, -0.05) is 6.07 Å². The maximum Gasteiger partial charge on any atom is 0.393 e. The summed E-state index contributed by atoms with van der Waals surface area (Å²) in [6.45, 7) is 1.33. The van der Waals surface area contributed by atoms with E-state index in [2.05, 4.69) is 4.98 Å². The van der Waals surface area contributed by atoms with Gasteiger partial charge >= 0.3 is 6.18 Å². The molecule has 2 nitrogen and oxygen atoms in total. The first kappa shape index (κ1) is 12.4. The second-order valence-corrected chi connectivity index (χ2v) is 4.44. The van der Waals surface area contributed by atoms with Crippen LogP contribution < -0.4 is 0 Å². The smallest absolute Gasteiger partial charge is 0.297 e. The molecule has 0 bridgehead atoms. The van der Waals surface area contributed by atoms with Gasteiger partial charge in [-0.2, -0.15) is 13.2 Å². The van der Waals surface area contributed by atoms with Gasteiger partial charge in [-0.25, -0.2) is 0 Å². The Morgan fingerprint density at radius 3 is 2.82 bits per heavy atom. The minimum absolute atomic E-state index is 0.0973. The van der Waals surface area contributed by atoms with Crippen molar-refractivity contribution >= 4 is 0 Å². The fourth-order valence-corrected chi connectivity index (χ4v) is 2.19. The highest BCUT2D eigenvalue weighted by atomic mass is 19.4. The topological polar surface area (TPSA) is 16.1 Å². The van der Waals surface area contributed by atoms with E-state index in [0.717, 1.165) is 12.2 Å². The minimum Gasteiger partial charge on any atom is -0.297 e. The largest absolute Gasteiger partial charge is 0.393 e. The molecule has 1 saturated heterocycles. The van der Waals surface area contributed by atoms with Crippen molar-refractivity contribution in [2.24, 2.45) is 5.92 Å². The number of hydrogen-bond donors (Lipinski definition) is 0. The van der Waals surface area contributed by atoms with E-state index >= 15 is 0 Å². The first-order valence-electron chi connectivity index (χ1n) is 5.74. The van der Waals surface area contributed by atoms with Crippen LogP contribution in [-0.4, -0.2) is 29.1 Å². The molecular weight excluding hydrogens is 229 g/mol.